The van der Waals surface area contributed by atoms with Gasteiger partial charge in [-0.15, -0.1) is 10.2 Å². The monoisotopic (exact) mass is 378 g/mol. The maximum Gasteiger partial charge on any atom is 0.245 e. The van der Waals surface area contributed by atoms with E-state index in [1.165, 1.54) is 6.33 Å². The molecule has 1 saturated heterocycles. The smallest absolute Gasteiger partial charge is 0.245 e. The summed E-state index contributed by atoms with van der Waals surface area (Å²) in [7, 11) is 3.75. The average Bonchev–Trinajstić information content (AvgIpc) is 3.23. The molecule has 0 radical (unpaired) electrons. The van der Waals surface area contributed by atoms with Crippen molar-refractivity contribution < 1.29 is 5.11 Å². The fourth-order valence-corrected chi connectivity index (χ4v) is 3.37. The highest BCUT2D eigenvalue weighted by atomic mass is 16.3. The normalized spacial score (nSPS) is 16.4. The summed E-state index contributed by atoms with van der Waals surface area (Å²) >= 11 is 0. The molecule has 1 unspecified atom stereocenters. The number of anilines is 2. The number of phenolic OH excluding ortho intramolecular Hbond substituents is 1. The molecule has 0 aliphatic carbocycles. The topological polar surface area (TPSA) is 112 Å². The van der Waals surface area contributed by atoms with Crippen LogP contribution in [-0.2, 0) is 0 Å². The molecule has 0 bridgehead atoms. The Labute approximate surface area is 162 Å². The van der Waals surface area contributed by atoms with E-state index in [1.54, 1.807) is 25.4 Å². The lowest BCUT2D eigenvalue weighted by molar-refractivity contribution is 0.477. The molecule has 2 aromatic heterocycles. The third-order valence-electron chi connectivity index (χ3n) is 4.93. The van der Waals surface area contributed by atoms with Crippen LogP contribution in [-0.4, -0.2) is 63.5 Å². The molecule has 9 nitrogen and oxygen atoms in total. The first-order valence-electron chi connectivity index (χ1n) is 9.14. The molecule has 1 fully saturated rings. The third kappa shape index (κ3) is 3.44. The molecule has 0 saturated carbocycles. The Morgan fingerprint density at radius 1 is 1.11 bits per heavy atom. The van der Waals surface area contributed by atoms with Crippen molar-refractivity contribution in [3.63, 3.8) is 0 Å². The minimum atomic E-state index is 0.0994. The Hall–Kier alpha value is -3.33. The van der Waals surface area contributed by atoms with Gasteiger partial charge in [-0.3, -0.25) is 0 Å². The zero-order chi connectivity index (χ0) is 19.5. The van der Waals surface area contributed by atoms with Crippen LogP contribution < -0.4 is 15.5 Å². The minimum Gasteiger partial charge on any atom is -0.507 e. The number of nitrogens with one attached hydrogen (secondary N) is 2. The maximum absolute atomic E-state index is 10.5. The molecule has 3 aromatic rings. The molecule has 9 heteroatoms. The second kappa shape index (κ2) is 7.73. The lowest BCUT2D eigenvalue weighted by Gasteiger charge is -2.16. The zero-order valence-corrected chi connectivity index (χ0v) is 15.8. The van der Waals surface area contributed by atoms with Gasteiger partial charge in [0.2, 0.25) is 5.95 Å². The number of rotatable bonds is 5. The first-order valence-corrected chi connectivity index (χ1v) is 9.14. The lowest BCUT2D eigenvalue weighted by atomic mass is 10.0. The summed E-state index contributed by atoms with van der Waals surface area (Å²) in [5, 5.41) is 25.4. The minimum absolute atomic E-state index is 0.0994. The molecular formula is C19H22N8O. The number of benzene rings is 1. The first-order chi connectivity index (χ1) is 13.7. The highest BCUT2D eigenvalue weighted by Crippen LogP contribution is 2.37. The summed E-state index contributed by atoms with van der Waals surface area (Å²) in [5.41, 5.74) is 2.45. The van der Waals surface area contributed by atoms with E-state index in [-0.39, 0.29) is 5.75 Å². The molecular weight excluding hydrogens is 356 g/mol. The van der Waals surface area contributed by atoms with Crippen molar-refractivity contribution in [2.45, 2.75) is 12.5 Å². The van der Waals surface area contributed by atoms with Crippen LogP contribution in [0.2, 0.25) is 0 Å². The van der Waals surface area contributed by atoms with Crippen molar-refractivity contribution in [3.05, 3.63) is 36.8 Å². The highest BCUT2D eigenvalue weighted by Gasteiger charge is 2.24. The summed E-state index contributed by atoms with van der Waals surface area (Å²) < 4.78 is 0. The Morgan fingerprint density at radius 3 is 2.71 bits per heavy atom. The van der Waals surface area contributed by atoms with Crippen LogP contribution in [0.4, 0.5) is 11.8 Å². The lowest BCUT2D eigenvalue weighted by Crippen LogP contribution is -2.30. The van der Waals surface area contributed by atoms with E-state index >= 15 is 0 Å². The van der Waals surface area contributed by atoms with Crippen molar-refractivity contribution >= 4 is 11.8 Å². The van der Waals surface area contributed by atoms with E-state index in [9.17, 15) is 5.11 Å². The SMILES string of the molecule is CNc1cc(-c2cccc(O)c2-c2cnc(N3CCC(NC)C3)nn2)ncn1. The summed E-state index contributed by atoms with van der Waals surface area (Å²) in [6, 6.07) is 7.52. The summed E-state index contributed by atoms with van der Waals surface area (Å²) in [5.74, 6) is 1.38. The molecule has 28 heavy (non-hydrogen) atoms. The third-order valence-corrected chi connectivity index (χ3v) is 4.93. The Bertz CT molecular complexity index is 962. The molecule has 1 aliphatic heterocycles. The molecule has 4 rings (SSSR count). The predicted molar refractivity (Wildman–Crippen MR) is 107 cm³/mol. The van der Waals surface area contributed by atoms with Crippen molar-refractivity contribution in [1.29, 1.82) is 0 Å². The van der Waals surface area contributed by atoms with Gasteiger partial charge < -0.3 is 20.6 Å². The second-order valence-electron chi connectivity index (χ2n) is 6.60. The molecule has 1 atom stereocenters. The number of hydrogen-bond acceptors (Lipinski definition) is 9. The molecule has 1 aliphatic rings. The summed E-state index contributed by atoms with van der Waals surface area (Å²) in [6.45, 7) is 1.75. The van der Waals surface area contributed by atoms with E-state index in [4.69, 9.17) is 0 Å². The molecule has 3 heterocycles. The first kappa shape index (κ1) is 18.1. The van der Waals surface area contributed by atoms with Crippen molar-refractivity contribution in [2.75, 3.05) is 37.4 Å². The van der Waals surface area contributed by atoms with Gasteiger partial charge in [-0.25, -0.2) is 15.0 Å². The fourth-order valence-electron chi connectivity index (χ4n) is 3.37. The van der Waals surface area contributed by atoms with Gasteiger partial charge in [-0.05, 0) is 19.5 Å². The van der Waals surface area contributed by atoms with E-state index < -0.39 is 0 Å². The number of likely N-dealkylation sites (N-methyl/N-ethyl adjacent to an activating group) is 1. The van der Waals surface area contributed by atoms with Gasteiger partial charge in [0.1, 0.15) is 23.6 Å². The number of aromatic nitrogens is 5. The largest absolute Gasteiger partial charge is 0.507 e. The standard InChI is InChI=1S/C19H22N8O/c1-20-12-6-7-27(10-12)19-22-9-15(25-26-19)18-13(4-3-5-16(18)28)14-8-17(21-2)24-11-23-14/h3-5,8-9,11-12,20,28H,6-7,10H2,1-2H3,(H,21,23,24). The molecule has 144 valence electrons. The number of hydrogen-bond donors (Lipinski definition) is 3. The quantitative estimate of drug-likeness (QED) is 0.608. The van der Waals surface area contributed by atoms with Gasteiger partial charge in [0, 0.05) is 37.8 Å². The number of phenols is 1. The van der Waals surface area contributed by atoms with Gasteiger partial charge in [-0.2, -0.15) is 0 Å². The van der Waals surface area contributed by atoms with Crippen LogP contribution in [0.3, 0.4) is 0 Å². The van der Waals surface area contributed by atoms with E-state index in [0.29, 0.717) is 34.8 Å². The fraction of sp³-hybridized carbons (Fsp3) is 0.316. The maximum atomic E-state index is 10.5. The van der Waals surface area contributed by atoms with Crippen LogP contribution >= 0.6 is 0 Å². The summed E-state index contributed by atoms with van der Waals surface area (Å²) in [4.78, 5) is 15.1. The average molecular weight is 378 g/mol. The number of aromatic hydroxyl groups is 1. The van der Waals surface area contributed by atoms with Crippen LogP contribution in [0.15, 0.2) is 36.8 Å². The van der Waals surface area contributed by atoms with E-state index in [0.717, 1.165) is 25.1 Å². The summed E-state index contributed by atoms with van der Waals surface area (Å²) in [6.07, 6.45) is 4.17. The molecule has 0 spiro atoms. The number of nitrogens with zero attached hydrogens (tertiary/aromatic N) is 6. The van der Waals surface area contributed by atoms with Crippen molar-refractivity contribution in [2.24, 2.45) is 0 Å². The molecule has 1 aromatic carbocycles. The van der Waals surface area contributed by atoms with Gasteiger partial charge in [0.05, 0.1) is 17.5 Å². The van der Waals surface area contributed by atoms with Crippen LogP contribution in [0.5, 0.6) is 5.75 Å². The van der Waals surface area contributed by atoms with Crippen LogP contribution in [0.1, 0.15) is 6.42 Å². The van der Waals surface area contributed by atoms with Gasteiger partial charge >= 0.3 is 0 Å². The molecule has 0 amide bonds. The van der Waals surface area contributed by atoms with Gasteiger partial charge in [0.15, 0.2) is 0 Å². The Kier molecular flexibility index (Phi) is 4.98. The zero-order valence-electron chi connectivity index (χ0n) is 15.8. The van der Waals surface area contributed by atoms with E-state index in [2.05, 4.69) is 40.7 Å². The Morgan fingerprint density at radius 2 is 2.00 bits per heavy atom. The van der Waals surface area contributed by atoms with E-state index in [1.807, 2.05) is 19.2 Å². The highest BCUT2D eigenvalue weighted by molar-refractivity contribution is 5.84. The van der Waals surface area contributed by atoms with Crippen LogP contribution in [0, 0.1) is 0 Å². The van der Waals surface area contributed by atoms with Crippen molar-refractivity contribution in [3.8, 4) is 28.3 Å². The van der Waals surface area contributed by atoms with Crippen molar-refractivity contribution in [1.82, 2.24) is 30.5 Å². The Balaban J connectivity index is 1.69. The molecule has 3 N–H and O–H groups in total. The van der Waals surface area contributed by atoms with Gasteiger partial charge in [0.25, 0.3) is 0 Å². The van der Waals surface area contributed by atoms with Gasteiger partial charge in [-0.1, -0.05) is 12.1 Å². The second-order valence-corrected chi connectivity index (χ2v) is 6.60. The predicted octanol–water partition coefficient (Wildman–Crippen LogP) is 1.54. The van der Waals surface area contributed by atoms with Crippen LogP contribution in [0.25, 0.3) is 22.5 Å².